The second kappa shape index (κ2) is 7.97. The van der Waals surface area contributed by atoms with E-state index in [0.29, 0.717) is 12.2 Å². The number of amides is 1. The van der Waals surface area contributed by atoms with Crippen LogP contribution in [-0.2, 0) is 0 Å². The minimum absolute atomic E-state index is 0.102. The lowest BCUT2D eigenvalue weighted by Gasteiger charge is -2.25. The van der Waals surface area contributed by atoms with Gasteiger partial charge < -0.3 is 15.0 Å². The van der Waals surface area contributed by atoms with Crippen molar-refractivity contribution in [3.05, 3.63) is 71.9 Å². The van der Waals surface area contributed by atoms with Crippen LogP contribution in [0.3, 0.4) is 0 Å². The molecule has 134 valence electrons. The summed E-state index contributed by atoms with van der Waals surface area (Å²) in [5.74, 6) is 0.596. The lowest BCUT2D eigenvalue weighted by Crippen LogP contribution is -2.34. The molecule has 2 aromatic carbocycles. The SMILES string of the molecule is COc1ccc2nc(C(=O)NCC(c3ccccc3)N(C)C)ccc2c1. The number of likely N-dealkylation sites (N-methyl/N-ethyl adjacent to an activating group) is 1. The normalized spacial score (nSPS) is 12.2. The predicted molar refractivity (Wildman–Crippen MR) is 103 cm³/mol. The minimum atomic E-state index is -0.175. The summed E-state index contributed by atoms with van der Waals surface area (Å²) >= 11 is 0. The summed E-state index contributed by atoms with van der Waals surface area (Å²) in [4.78, 5) is 19.1. The highest BCUT2D eigenvalue weighted by Crippen LogP contribution is 2.20. The molecule has 1 heterocycles. The average Bonchev–Trinajstić information content (AvgIpc) is 2.67. The van der Waals surface area contributed by atoms with Crippen LogP contribution in [0.2, 0.25) is 0 Å². The van der Waals surface area contributed by atoms with Crippen LogP contribution in [0.25, 0.3) is 10.9 Å². The summed E-state index contributed by atoms with van der Waals surface area (Å²) in [7, 11) is 5.64. The van der Waals surface area contributed by atoms with E-state index in [1.54, 1.807) is 13.2 Å². The maximum absolute atomic E-state index is 12.6. The molecule has 5 nitrogen and oxygen atoms in total. The van der Waals surface area contributed by atoms with Crippen LogP contribution in [-0.4, -0.2) is 43.5 Å². The van der Waals surface area contributed by atoms with E-state index in [2.05, 4.69) is 27.3 Å². The molecule has 0 aliphatic rings. The molecule has 5 heteroatoms. The van der Waals surface area contributed by atoms with Gasteiger partial charge in [-0.3, -0.25) is 4.79 Å². The van der Waals surface area contributed by atoms with E-state index < -0.39 is 0 Å². The van der Waals surface area contributed by atoms with E-state index in [9.17, 15) is 4.79 Å². The number of hydrogen-bond donors (Lipinski definition) is 1. The lowest BCUT2D eigenvalue weighted by molar-refractivity contribution is 0.0937. The van der Waals surface area contributed by atoms with E-state index in [4.69, 9.17) is 4.74 Å². The van der Waals surface area contributed by atoms with Gasteiger partial charge in [0.1, 0.15) is 11.4 Å². The second-order valence-electron chi connectivity index (χ2n) is 6.36. The van der Waals surface area contributed by atoms with Gasteiger partial charge in [0.15, 0.2) is 0 Å². The molecule has 1 aromatic heterocycles. The van der Waals surface area contributed by atoms with Crippen molar-refractivity contribution in [1.29, 1.82) is 0 Å². The van der Waals surface area contributed by atoms with E-state index in [1.165, 1.54) is 0 Å². The van der Waals surface area contributed by atoms with Crippen LogP contribution < -0.4 is 10.1 Å². The summed E-state index contributed by atoms with van der Waals surface area (Å²) in [6.07, 6.45) is 0. The van der Waals surface area contributed by atoms with E-state index >= 15 is 0 Å². The third-order valence-electron chi connectivity index (χ3n) is 4.39. The van der Waals surface area contributed by atoms with Crippen molar-refractivity contribution in [3.63, 3.8) is 0 Å². The molecule has 0 radical (unpaired) electrons. The monoisotopic (exact) mass is 349 g/mol. The number of fused-ring (bicyclic) bond motifs is 1. The van der Waals surface area contributed by atoms with Gasteiger partial charge >= 0.3 is 0 Å². The third-order valence-corrected chi connectivity index (χ3v) is 4.39. The van der Waals surface area contributed by atoms with E-state index in [-0.39, 0.29) is 11.9 Å². The highest BCUT2D eigenvalue weighted by Gasteiger charge is 2.16. The Bertz CT molecular complexity index is 894. The van der Waals surface area contributed by atoms with Gasteiger partial charge in [-0.1, -0.05) is 36.4 Å². The molecular weight excluding hydrogens is 326 g/mol. The van der Waals surface area contributed by atoms with Gasteiger partial charge in [-0.15, -0.1) is 0 Å². The number of hydrogen-bond acceptors (Lipinski definition) is 4. The smallest absolute Gasteiger partial charge is 0.269 e. The topological polar surface area (TPSA) is 54.5 Å². The first-order chi connectivity index (χ1) is 12.6. The van der Waals surface area contributed by atoms with Gasteiger partial charge in [0.05, 0.1) is 18.7 Å². The molecule has 3 rings (SSSR count). The summed E-state index contributed by atoms with van der Waals surface area (Å²) in [5, 5.41) is 3.94. The van der Waals surface area contributed by atoms with Crippen molar-refractivity contribution in [2.75, 3.05) is 27.7 Å². The molecule has 1 N–H and O–H groups in total. The standard InChI is InChI=1S/C21H23N3O2/c1-24(2)20(15-7-5-4-6-8-15)14-22-21(25)19-11-9-16-13-17(26-3)10-12-18(16)23-19/h4-13,20H,14H2,1-3H3,(H,22,25). The Kier molecular flexibility index (Phi) is 5.49. The predicted octanol–water partition coefficient (Wildman–Crippen LogP) is 3.28. The van der Waals surface area contributed by atoms with E-state index in [0.717, 1.165) is 22.2 Å². The van der Waals surface area contributed by atoms with Crippen molar-refractivity contribution in [2.45, 2.75) is 6.04 Å². The summed E-state index contributed by atoms with van der Waals surface area (Å²) in [6, 6.07) is 19.5. The number of aromatic nitrogens is 1. The molecule has 1 atom stereocenters. The Morgan fingerprint density at radius 3 is 2.58 bits per heavy atom. The minimum Gasteiger partial charge on any atom is -0.497 e. The first-order valence-electron chi connectivity index (χ1n) is 8.53. The number of nitrogens with one attached hydrogen (secondary N) is 1. The fourth-order valence-corrected chi connectivity index (χ4v) is 2.91. The highest BCUT2D eigenvalue weighted by atomic mass is 16.5. The zero-order valence-electron chi connectivity index (χ0n) is 15.3. The molecule has 26 heavy (non-hydrogen) atoms. The maximum atomic E-state index is 12.6. The first kappa shape index (κ1) is 17.9. The maximum Gasteiger partial charge on any atom is 0.269 e. The average molecular weight is 349 g/mol. The number of pyridine rings is 1. The molecule has 1 amide bonds. The van der Waals surface area contributed by atoms with Crippen LogP contribution in [0, 0.1) is 0 Å². The number of methoxy groups -OCH3 is 1. The number of benzene rings is 2. The Hall–Kier alpha value is -2.92. The van der Waals surface area contributed by atoms with E-state index in [1.807, 2.05) is 56.6 Å². The van der Waals surface area contributed by atoms with Gasteiger partial charge in [-0.2, -0.15) is 0 Å². The van der Waals surface area contributed by atoms with Crippen molar-refractivity contribution >= 4 is 16.8 Å². The molecule has 0 fully saturated rings. The van der Waals surface area contributed by atoms with Gasteiger partial charge in [0.2, 0.25) is 0 Å². The van der Waals surface area contributed by atoms with Gasteiger partial charge in [-0.05, 0) is 43.9 Å². The molecule has 0 spiro atoms. The van der Waals surface area contributed by atoms with Crippen molar-refractivity contribution in [3.8, 4) is 5.75 Å². The highest BCUT2D eigenvalue weighted by molar-refractivity contribution is 5.95. The fraction of sp³-hybridized carbons (Fsp3) is 0.238. The molecule has 0 bridgehead atoms. The second-order valence-corrected chi connectivity index (χ2v) is 6.36. The Balaban J connectivity index is 1.74. The fourth-order valence-electron chi connectivity index (χ4n) is 2.91. The zero-order valence-corrected chi connectivity index (χ0v) is 15.3. The number of ether oxygens (including phenoxy) is 1. The molecule has 3 aromatic rings. The largest absolute Gasteiger partial charge is 0.497 e. The molecule has 0 saturated heterocycles. The number of nitrogens with zero attached hydrogens (tertiary/aromatic N) is 2. The van der Waals surface area contributed by atoms with Gasteiger partial charge in [0, 0.05) is 11.9 Å². The van der Waals surface area contributed by atoms with Gasteiger partial charge in [0.25, 0.3) is 5.91 Å². The Morgan fingerprint density at radius 2 is 1.88 bits per heavy atom. The molecule has 0 aliphatic carbocycles. The number of rotatable bonds is 6. The summed E-state index contributed by atoms with van der Waals surface area (Å²) < 4.78 is 5.22. The van der Waals surface area contributed by atoms with Crippen LogP contribution in [0.4, 0.5) is 0 Å². The summed E-state index contributed by atoms with van der Waals surface area (Å²) in [6.45, 7) is 0.512. The van der Waals surface area contributed by atoms with Crippen LogP contribution in [0.5, 0.6) is 5.75 Å². The van der Waals surface area contributed by atoms with Gasteiger partial charge in [-0.25, -0.2) is 4.98 Å². The Morgan fingerprint density at radius 1 is 1.12 bits per heavy atom. The van der Waals surface area contributed by atoms with Crippen LogP contribution in [0.1, 0.15) is 22.1 Å². The lowest BCUT2D eigenvalue weighted by atomic mass is 10.1. The molecular formula is C21H23N3O2. The first-order valence-corrected chi connectivity index (χ1v) is 8.53. The quantitative estimate of drug-likeness (QED) is 0.742. The number of carbonyl (C=O) groups excluding carboxylic acids is 1. The summed E-state index contributed by atoms with van der Waals surface area (Å²) in [5.41, 5.74) is 2.34. The molecule has 0 aliphatic heterocycles. The van der Waals surface area contributed by atoms with Crippen molar-refractivity contribution in [1.82, 2.24) is 15.2 Å². The zero-order chi connectivity index (χ0) is 18.5. The molecule has 0 saturated carbocycles. The van der Waals surface area contributed by atoms with Crippen molar-refractivity contribution < 1.29 is 9.53 Å². The number of carbonyl (C=O) groups is 1. The van der Waals surface area contributed by atoms with Crippen molar-refractivity contribution in [2.24, 2.45) is 0 Å². The molecule has 1 unspecified atom stereocenters. The third kappa shape index (κ3) is 4.00. The van der Waals surface area contributed by atoms with Crippen LogP contribution in [0.15, 0.2) is 60.7 Å². The van der Waals surface area contributed by atoms with Crippen LogP contribution >= 0.6 is 0 Å². The Labute approximate surface area is 153 Å².